The van der Waals surface area contributed by atoms with Crippen molar-refractivity contribution >= 4 is 0 Å². The van der Waals surface area contributed by atoms with Gasteiger partial charge in [0.2, 0.25) is 0 Å². The van der Waals surface area contributed by atoms with E-state index < -0.39 is 0 Å². The van der Waals surface area contributed by atoms with E-state index in [0.717, 1.165) is 24.4 Å². The highest BCUT2D eigenvalue weighted by atomic mass is 15.2. The Kier molecular flexibility index (Phi) is 6.15. The fraction of sp³-hybridized carbons (Fsp3) is 1.00. The van der Waals surface area contributed by atoms with E-state index in [1.165, 1.54) is 64.3 Å². The largest absolute Gasteiger partial charge is 0.329 e. The lowest BCUT2D eigenvalue weighted by atomic mass is 9.78. The second-order valence-electron chi connectivity index (χ2n) is 6.97. The summed E-state index contributed by atoms with van der Waals surface area (Å²) in [5.41, 5.74) is 6.20. The van der Waals surface area contributed by atoms with Crippen LogP contribution in [0.25, 0.3) is 0 Å². The Hall–Kier alpha value is -0.0800. The van der Waals surface area contributed by atoms with Crippen molar-refractivity contribution in [3.05, 3.63) is 0 Å². The summed E-state index contributed by atoms with van der Waals surface area (Å²) < 4.78 is 0. The maximum absolute atomic E-state index is 6.20. The summed E-state index contributed by atoms with van der Waals surface area (Å²) in [5.74, 6) is 1.81. The van der Waals surface area contributed by atoms with Gasteiger partial charge in [-0.3, -0.25) is 4.90 Å². The van der Waals surface area contributed by atoms with Crippen LogP contribution in [0.5, 0.6) is 0 Å². The summed E-state index contributed by atoms with van der Waals surface area (Å²) in [4.78, 5) is 2.81. The number of rotatable bonds is 4. The Bertz CT molecular complexity index is 246. The van der Waals surface area contributed by atoms with Gasteiger partial charge in [0.25, 0.3) is 0 Å². The Morgan fingerprint density at radius 3 is 2.42 bits per heavy atom. The first-order chi connectivity index (χ1) is 9.26. The van der Waals surface area contributed by atoms with Crippen LogP contribution < -0.4 is 5.73 Å². The molecule has 0 aromatic carbocycles. The molecule has 0 amide bonds. The molecule has 0 radical (unpaired) electrons. The number of hydrogen-bond acceptors (Lipinski definition) is 2. The standard InChI is InChI=1S/C17H34N2/c1-3-16-7-5-4-6-12-19(16)17(13-18)15-10-8-14(2)9-11-15/h14-17H,3-13,18H2,1-2H3. The minimum absolute atomic E-state index is 0.663. The van der Waals surface area contributed by atoms with Crippen molar-refractivity contribution in [2.24, 2.45) is 17.6 Å². The Morgan fingerprint density at radius 2 is 1.79 bits per heavy atom. The maximum Gasteiger partial charge on any atom is 0.0249 e. The highest BCUT2D eigenvalue weighted by molar-refractivity contribution is 4.88. The average Bonchev–Trinajstić information content (AvgIpc) is 2.67. The third-order valence-corrected chi connectivity index (χ3v) is 5.67. The van der Waals surface area contributed by atoms with Gasteiger partial charge < -0.3 is 5.73 Å². The summed E-state index contributed by atoms with van der Waals surface area (Å²) in [6.07, 6.45) is 12.6. The zero-order valence-electron chi connectivity index (χ0n) is 13.1. The van der Waals surface area contributed by atoms with Crippen molar-refractivity contribution in [3.63, 3.8) is 0 Å². The first-order valence-electron chi connectivity index (χ1n) is 8.72. The van der Waals surface area contributed by atoms with Crippen LogP contribution in [0.2, 0.25) is 0 Å². The molecule has 1 heterocycles. The van der Waals surface area contributed by atoms with Gasteiger partial charge in [0.05, 0.1) is 0 Å². The molecule has 2 fully saturated rings. The van der Waals surface area contributed by atoms with Crippen molar-refractivity contribution in [2.45, 2.75) is 83.7 Å². The molecule has 0 aromatic heterocycles. The van der Waals surface area contributed by atoms with Gasteiger partial charge in [-0.05, 0) is 50.5 Å². The molecule has 0 spiro atoms. The molecule has 2 aliphatic rings. The molecular weight excluding hydrogens is 232 g/mol. The fourth-order valence-electron chi connectivity index (χ4n) is 4.34. The van der Waals surface area contributed by atoms with Crippen LogP contribution >= 0.6 is 0 Å². The summed E-state index contributed by atoms with van der Waals surface area (Å²) >= 11 is 0. The second kappa shape index (κ2) is 7.64. The summed E-state index contributed by atoms with van der Waals surface area (Å²) in [7, 11) is 0. The van der Waals surface area contributed by atoms with E-state index in [0.29, 0.717) is 6.04 Å². The lowest BCUT2D eigenvalue weighted by Gasteiger charge is -2.42. The first kappa shape index (κ1) is 15.3. The van der Waals surface area contributed by atoms with Gasteiger partial charge in [-0.1, -0.05) is 39.5 Å². The molecule has 1 saturated heterocycles. The summed E-state index contributed by atoms with van der Waals surface area (Å²) in [5, 5.41) is 0. The molecule has 2 heteroatoms. The van der Waals surface area contributed by atoms with Gasteiger partial charge in [0.1, 0.15) is 0 Å². The molecule has 1 saturated carbocycles. The summed E-state index contributed by atoms with van der Waals surface area (Å²) in [6, 6.07) is 1.46. The molecule has 1 aliphatic carbocycles. The van der Waals surface area contributed by atoms with E-state index >= 15 is 0 Å². The van der Waals surface area contributed by atoms with Crippen LogP contribution in [-0.2, 0) is 0 Å². The number of nitrogens with two attached hydrogens (primary N) is 1. The van der Waals surface area contributed by atoms with Gasteiger partial charge in [0, 0.05) is 18.6 Å². The van der Waals surface area contributed by atoms with Crippen molar-refractivity contribution in [3.8, 4) is 0 Å². The molecule has 2 atom stereocenters. The van der Waals surface area contributed by atoms with Crippen LogP contribution in [-0.4, -0.2) is 30.1 Å². The minimum atomic E-state index is 0.663. The molecule has 2 unspecified atom stereocenters. The molecule has 0 aromatic rings. The molecule has 0 bridgehead atoms. The number of hydrogen-bond donors (Lipinski definition) is 1. The van der Waals surface area contributed by atoms with Gasteiger partial charge in [0.15, 0.2) is 0 Å². The van der Waals surface area contributed by atoms with Gasteiger partial charge in [-0.2, -0.15) is 0 Å². The maximum atomic E-state index is 6.20. The predicted octanol–water partition coefficient (Wildman–Crippen LogP) is 3.79. The zero-order chi connectivity index (χ0) is 13.7. The third-order valence-electron chi connectivity index (χ3n) is 5.67. The van der Waals surface area contributed by atoms with Crippen LogP contribution in [0.1, 0.15) is 71.6 Å². The van der Waals surface area contributed by atoms with Gasteiger partial charge in [-0.25, -0.2) is 0 Å². The highest BCUT2D eigenvalue weighted by Gasteiger charge is 2.33. The third kappa shape index (κ3) is 3.95. The minimum Gasteiger partial charge on any atom is -0.329 e. The van der Waals surface area contributed by atoms with Crippen molar-refractivity contribution in [2.75, 3.05) is 13.1 Å². The molecular formula is C17H34N2. The van der Waals surface area contributed by atoms with E-state index in [4.69, 9.17) is 5.73 Å². The Morgan fingerprint density at radius 1 is 1.05 bits per heavy atom. The molecule has 2 N–H and O–H groups in total. The predicted molar refractivity (Wildman–Crippen MR) is 83.2 cm³/mol. The van der Waals surface area contributed by atoms with E-state index in [1.54, 1.807) is 0 Å². The lowest BCUT2D eigenvalue weighted by Crippen LogP contribution is -2.51. The van der Waals surface area contributed by atoms with Crippen LogP contribution in [0.15, 0.2) is 0 Å². The van der Waals surface area contributed by atoms with Gasteiger partial charge in [-0.15, -0.1) is 0 Å². The Balaban J connectivity index is 2.01. The Labute approximate surface area is 120 Å². The van der Waals surface area contributed by atoms with E-state index in [1.807, 2.05) is 0 Å². The quantitative estimate of drug-likeness (QED) is 0.838. The van der Waals surface area contributed by atoms with Crippen LogP contribution in [0, 0.1) is 11.8 Å². The topological polar surface area (TPSA) is 29.3 Å². The van der Waals surface area contributed by atoms with Crippen LogP contribution in [0.4, 0.5) is 0 Å². The smallest absolute Gasteiger partial charge is 0.0249 e. The zero-order valence-corrected chi connectivity index (χ0v) is 13.1. The fourth-order valence-corrected chi connectivity index (χ4v) is 4.34. The monoisotopic (exact) mass is 266 g/mol. The first-order valence-corrected chi connectivity index (χ1v) is 8.72. The van der Waals surface area contributed by atoms with E-state index in [9.17, 15) is 0 Å². The van der Waals surface area contributed by atoms with E-state index in [2.05, 4.69) is 18.7 Å². The number of nitrogens with zero attached hydrogens (tertiary/aromatic N) is 1. The normalized spacial score (nSPS) is 35.8. The van der Waals surface area contributed by atoms with E-state index in [-0.39, 0.29) is 0 Å². The summed E-state index contributed by atoms with van der Waals surface area (Å²) in [6.45, 7) is 6.94. The SMILES string of the molecule is CCC1CCCCCN1C(CN)C1CCC(C)CC1. The van der Waals surface area contributed by atoms with Crippen molar-refractivity contribution in [1.29, 1.82) is 0 Å². The molecule has 112 valence electrons. The van der Waals surface area contributed by atoms with Crippen LogP contribution in [0.3, 0.4) is 0 Å². The molecule has 19 heavy (non-hydrogen) atoms. The van der Waals surface area contributed by atoms with Gasteiger partial charge >= 0.3 is 0 Å². The highest BCUT2D eigenvalue weighted by Crippen LogP contribution is 2.34. The molecule has 2 nitrogen and oxygen atoms in total. The average molecular weight is 266 g/mol. The lowest BCUT2D eigenvalue weighted by molar-refractivity contribution is 0.0724. The van der Waals surface area contributed by atoms with Crippen molar-refractivity contribution < 1.29 is 0 Å². The molecule has 2 rings (SSSR count). The second-order valence-corrected chi connectivity index (χ2v) is 6.97. The number of likely N-dealkylation sites (tertiary alicyclic amines) is 1. The van der Waals surface area contributed by atoms with Crippen molar-refractivity contribution in [1.82, 2.24) is 4.90 Å². The molecule has 1 aliphatic heterocycles.